The SMILES string of the molecule is O=C(CCc1ccco1)N1CCCO1. The topological polar surface area (TPSA) is 42.7 Å². The maximum atomic E-state index is 11.5. The number of hydrogen-bond acceptors (Lipinski definition) is 3. The summed E-state index contributed by atoms with van der Waals surface area (Å²) in [5.74, 6) is 0.886. The first kappa shape index (κ1) is 9.27. The Hall–Kier alpha value is -1.29. The molecule has 0 aliphatic carbocycles. The predicted octanol–water partition coefficient (Wildman–Crippen LogP) is 1.38. The molecule has 0 aromatic carbocycles. The lowest BCUT2D eigenvalue weighted by molar-refractivity contribution is -0.168. The van der Waals surface area contributed by atoms with Crippen molar-refractivity contribution in [3.8, 4) is 0 Å². The minimum Gasteiger partial charge on any atom is -0.469 e. The van der Waals surface area contributed by atoms with E-state index in [1.165, 1.54) is 5.06 Å². The molecule has 76 valence electrons. The maximum absolute atomic E-state index is 11.5. The van der Waals surface area contributed by atoms with Gasteiger partial charge in [0.1, 0.15) is 5.76 Å². The first-order valence-corrected chi connectivity index (χ1v) is 4.82. The van der Waals surface area contributed by atoms with Crippen molar-refractivity contribution in [1.82, 2.24) is 5.06 Å². The summed E-state index contributed by atoms with van der Waals surface area (Å²) in [5, 5.41) is 1.45. The highest BCUT2D eigenvalue weighted by Gasteiger charge is 2.18. The van der Waals surface area contributed by atoms with E-state index in [1.54, 1.807) is 6.26 Å². The zero-order valence-corrected chi connectivity index (χ0v) is 7.94. The van der Waals surface area contributed by atoms with Crippen LogP contribution in [0, 0.1) is 0 Å². The number of hydrogen-bond donors (Lipinski definition) is 0. The number of amides is 1. The molecule has 0 unspecified atom stereocenters. The Kier molecular flexibility index (Phi) is 2.84. The van der Waals surface area contributed by atoms with Crippen LogP contribution in [0.4, 0.5) is 0 Å². The van der Waals surface area contributed by atoms with Gasteiger partial charge in [0.15, 0.2) is 0 Å². The maximum Gasteiger partial charge on any atom is 0.246 e. The molecule has 0 atom stereocenters. The summed E-state index contributed by atoms with van der Waals surface area (Å²) in [7, 11) is 0. The highest BCUT2D eigenvalue weighted by Crippen LogP contribution is 2.09. The summed E-state index contributed by atoms with van der Waals surface area (Å²) >= 11 is 0. The molecule has 14 heavy (non-hydrogen) atoms. The van der Waals surface area contributed by atoms with E-state index in [9.17, 15) is 4.79 Å². The molecule has 0 saturated carbocycles. The molecule has 0 spiro atoms. The van der Waals surface area contributed by atoms with Gasteiger partial charge in [-0.25, -0.2) is 5.06 Å². The Labute approximate surface area is 82.4 Å². The first-order valence-electron chi connectivity index (χ1n) is 4.82. The van der Waals surface area contributed by atoms with Crippen LogP contribution in [-0.2, 0) is 16.1 Å². The third-order valence-electron chi connectivity index (χ3n) is 2.20. The molecule has 0 bridgehead atoms. The minimum absolute atomic E-state index is 0.0406. The van der Waals surface area contributed by atoms with E-state index in [0.717, 1.165) is 18.7 Å². The predicted molar refractivity (Wildman–Crippen MR) is 49.3 cm³/mol. The van der Waals surface area contributed by atoms with E-state index in [1.807, 2.05) is 12.1 Å². The zero-order chi connectivity index (χ0) is 9.80. The second kappa shape index (κ2) is 4.28. The van der Waals surface area contributed by atoms with Crippen molar-refractivity contribution >= 4 is 5.91 Å². The number of aryl methyl sites for hydroxylation is 1. The highest BCUT2D eigenvalue weighted by molar-refractivity contribution is 5.75. The van der Waals surface area contributed by atoms with Crippen LogP contribution < -0.4 is 0 Å². The average Bonchev–Trinajstić information content (AvgIpc) is 2.87. The quantitative estimate of drug-likeness (QED) is 0.731. The molecular formula is C10H13NO3. The fourth-order valence-electron chi connectivity index (χ4n) is 1.45. The van der Waals surface area contributed by atoms with Gasteiger partial charge >= 0.3 is 0 Å². The Morgan fingerprint density at radius 3 is 3.14 bits per heavy atom. The van der Waals surface area contributed by atoms with Gasteiger partial charge in [0.05, 0.1) is 19.4 Å². The van der Waals surface area contributed by atoms with Crippen LogP contribution >= 0.6 is 0 Å². The number of carbonyl (C=O) groups is 1. The van der Waals surface area contributed by atoms with Gasteiger partial charge in [-0.1, -0.05) is 0 Å². The van der Waals surface area contributed by atoms with E-state index in [0.29, 0.717) is 19.4 Å². The molecule has 1 amide bonds. The summed E-state index contributed by atoms with van der Waals surface area (Å²) in [6.45, 7) is 1.38. The summed E-state index contributed by atoms with van der Waals surface area (Å²) in [6, 6.07) is 3.70. The van der Waals surface area contributed by atoms with E-state index in [4.69, 9.17) is 9.25 Å². The van der Waals surface area contributed by atoms with Crippen molar-refractivity contribution in [1.29, 1.82) is 0 Å². The second-order valence-corrected chi connectivity index (χ2v) is 3.26. The van der Waals surface area contributed by atoms with Crippen LogP contribution in [0.5, 0.6) is 0 Å². The Balaban J connectivity index is 1.77. The minimum atomic E-state index is 0.0406. The number of furan rings is 1. The molecule has 1 aromatic heterocycles. The molecule has 1 fully saturated rings. The van der Waals surface area contributed by atoms with Crippen LogP contribution in [0.3, 0.4) is 0 Å². The fraction of sp³-hybridized carbons (Fsp3) is 0.500. The van der Waals surface area contributed by atoms with Crippen LogP contribution in [0.2, 0.25) is 0 Å². The molecule has 4 nitrogen and oxygen atoms in total. The van der Waals surface area contributed by atoms with Gasteiger partial charge in [-0.15, -0.1) is 0 Å². The second-order valence-electron chi connectivity index (χ2n) is 3.26. The van der Waals surface area contributed by atoms with Crippen LogP contribution in [-0.4, -0.2) is 24.1 Å². The average molecular weight is 195 g/mol. The van der Waals surface area contributed by atoms with E-state index < -0.39 is 0 Å². The standard InChI is InChI=1S/C10H13NO3/c12-10(11-6-2-8-14-11)5-4-9-3-1-7-13-9/h1,3,7H,2,4-6,8H2. The van der Waals surface area contributed by atoms with Gasteiger partial charge in [0.2, 0.25) is 5.91 Å². The molecule has 2 rings (SSSR count). The Morgan fingerprint density at radius 2 is 2.50 bits per heavy atom. The van der Waals surface area contributed by atoms with Gasteiger partial charge in [-0.05, 0) is 18.6 Å². The first-order chi connectivity index (χ1) is 6.86. The number of nitrogens with zero attached hydrogens (tertiary/aromatic N) is 1. The largest absolute Gasteiger partial charge is 0.469 e. The molecule has 4 heteroatoms. The van der Waals surface area contributed by atoms with Crippen LogP contribution in [0.1, 0.15) is 18.6 Å². The molecule has 2 heterocycles. The van der Waals surface area contributed by atoms with Crippen molar-refractivity contribution in [3.05, 3.63) is 24.2 Å². The summed E-state index contributed by atoms with van der Waals surface area (Å²) in [4.78, 5) is 16.6. The molecule has 1 aromatic rings. The number of rotatable bonds is 3. The number of carbonyl (C=O) groups excluding carboxylic acids is 1. The summed E-state index contributed by atoms with van der Waals surface area (Å²) < 4.78 is 5.13. The summed E-state index contributed by atoms with van der Waals surface area (Å²) in [5.41, 5.74) is 0. The van der Waals surface area contributed by atoms with Crippen molar-refractivity contribution in [3.63, 3.8) is 0 Å². The third kappa shape index (κ3) is 2.14. The van der Waals surface area contributed by atoms with Crippen molar-refractivity contribution in [2.75, 3.05) is 13.2 Å². The van der Waals surface area contributed by atoms with Crippen LogP contribution in [0.15, 0.2) is 22.8 Å². The smallest absolute Gasteiger partial charge is 0.246 e. The van der Waals surface area contributed by atoms with Gasteiger partial charge in [0.25, 0.3) is 0 Å². The lowest BCUT2D eigenvalue weighted by Gasteiger charge is -2.12. The van der Waals surface area contributed by atoms with Crippen molar-refractivity contribution in [2.24, 2.45) is 0 Å². The van der Waals surface area contributed by atoms with Gasteiger partial charge in [0, 0.05) is 12.8 Å². The Morgan fingerprint density at radius 1 is 1.57 bits per heavy atom. The number of hydroxylamine groups is 2. The molecule has 1 saturated heterocycles. The molecule has 1 aliphatic heterocycles. The van der Waals surface area contributed by atoms with Crippen molar-refractivity contribution in [2.45, 2.75) is 19.3 Å². The molecule has 0 radical (unpaired) electrons. The monoisotopic (exact) mass is 195 g/mol. The zero-order valence-electron chi connectivity index (χ0n) is 7.94. The third-order valence-corrected chi connectivity index (χ3v) is 2.20. The summed E-state index contributed by atoms with van der Waals surface area (Å²) in [6.07, 6.45) is 3.65. The van der Waals surface area contributed by atoms with Gasteiger partial charge in [-0.2, -0.15) is 0 Å². The molecule has 1 aliphatic rings. The van der Waals surface area contributed by atoms with Crippen molar-refractivity contribution < 1.29 is 14.0 Å². The Bertz CT molecular complexity index is 288. The lowest BCUT2D eigenvalue weighted by Crippen LogP contribution is -2.26. The van der Waals surface area contributed by atoms with Crippen LogP contribution in [0.25, 0.3) is 0 Å². The highest BCUT2D eigenvalue weighted by atomic mass is 16.7. The van der Waals surface area contributed by atoms with E-state index >= 15 is 0 Å². The normalized spacial score (nSPS) is 16.1. The molecular weight excluding hydrogens is 182 g/mol. The van der Waals surface area contributed by atoms with Gasteiger partial charge < -0.3 is 4.42 Å². The van der Waals surface area contributed by atoms with Gasteiger partial charge in [-0.3, -0.25) is 9.63 Å². The fourth-order valence-corrected chi connectivity index (χ4v) is 1.45. The van der Waals surface area contributed by atoms with E-state index in [2.05, 4.69) is 0 Å². The lowest BCUT2D eigenvalue weighted by atomic mass is 10.2. The van der Waals surface area contributed by atoms with E-state index in [-0.39, 0.29) is 5.91 Å². The molecule has 0 N–H and O–H groups in total.